The Labute approximate surface area is 154 Å². The standard InChI is InChI=1S/C16H17N5O5S/c22-16(12-9-14(26-19-12)13-3-1-8-25-13)20-4-2-5-21(7-6-20)27(23,24)15-10-17-11-18-15/h1,3,8-11H,2,4-7H2,(H,17,18). The normalized spacial score (nSPS) is 16.4. The molecule has 4 rings (SSSR count). The maximum Gasteiger partial charge on any atom is 0.276 e. The fourth-order valence-electron chi connectivity index (χ4n) is 2.93. The summed E-state index contributed by atoms with van der Waals surface area (Å²) in [5.41, 5.74) is 0.159. The molecular weight excluding hydrogens is 374 g/mol. The lowest BCUT2D eigenvalue weighted by Gasteiger charge is -2.20. The van der Waals surface area contributed by atoms with Gasteiger partial charge in [0.25, 0.3) is 15.9 Å². The third-order valence-corrected chi connectivity index (χ3v) is 6.15. The Hall–Kier alpha value is -2.92. The van der Waals surface area contributed by atoms with Gasteiger partial charge in [0.05, 0.1) is 18.8 Å². The van der Waals surface area contributed by atoms with Gasteiger partial charge in [-0.1, -0.05) is 5.16 Å². The van der Waals surface area contributed by atoms with Crippen LogP contribution in [-0.2, 0) is 10.0 Å². The van der Waals surface area contributed by atoms with E-state index in [2.05, 4.69) is 15.1 Å². The predicted octanol–water partition coefficient (Wildman–Crippen LogP) is 1.19. The van der Waals surface area contributed by atoms with E-state index < -0.39 is 10.0 Å². The van der Waals surface area contributed by atoms with E-state index in [0.717, 1.165) is 0 Å². The maximum absolute atomic E-state index is 12.7. The largest absolute Gasteiger partial charge is 0.461 e. The summed E-state index contributed by atoms with van der Waals surface area (Å²) in [5.74, 6) is 0.535. The van der Waals surface area contributed by atoms with Crippen LogP contribution < -0.4 is 0 Å². The zero-order valence-electron chi connectivity index (χ0n) is 14.2. The van der Waals surface area contributed by atoms with Crippen molar-refractivity contribution in [1.29, 1.82) is 0 Å². The minimum atomic E-state index is -3.65. The van der Waals surface area contributed by atoms with Gasteiger partial charge in [-0.2, -0.15) is 4.31 Å². The van der Waals surface area contributed by atoms with Gasteiger partial charge in [-0.25, -0.2) is 13.4 Å². The third-order valence-electron chi connectivity index (χ3n) is 4.33. The van der Waals surface area contributed by atoms with Crippen molar-refractivity contribution in [3.8, 4) is 11.5 Å². The molecule has 3 aromatic heterocycles. The molecule has 0 aliphatic carbocycles. The number of carbonyl (C=O) groups is 1. The van der Waals surface area contributed by atoms with Crippen molar-refractivity contribution in [3.63, 3.8) is 0 Å². The van der Waals surface area contributed by atoms with Crippen molar-refractivity contribution in [1.82, 2.24) is 24.3 Å². The van der Waals surface area contributed by atoms with Crippen molar-refractivity contribution < 1.29 is 22.2 Å². The highest BCUT2D eigenvalue weighted by molar-refractivity contribution is 7.89. The maximum atomic E-state index is 12.7. The van der Waals surface area contributed by atoms with Gasteiger partial charge in [0, 0.05) is 32.2 Å². The van der Waals surface area contributed by atoms with E-state index in [-0.39, 0.29) is 29.7 Å². The number of amides is 1. The van der Waals surface area contributed by atoms with Crippen LogP contribution in [0.4, 0.5) is 0 Å². The van der Waals surface area contributed by atoms with Crippen LogP contribution in [0.5, 0.6) is 0 Å². The van der Waals surface area contributed by atoms with Gasteiger partial charge in [-0.3, -0.25) is 4.79 Å². The van der Waals surface area contributed by atoms with E-state index in [0.29, 0.717) is 31.0 Å². The Balaban J connectivity index is 1.46. The van der Waals surface area contributed by atoms with E-state index in [4.69, 9.17) is 8.94 Å². The lowest BCUT2D eigenvalue weighted by Crippen LogP contribution is -2.37. The van der Waals surface area contributed by atoms with Gasteiger partial charge in [-0.05, 0) is 18.6 Å². The third kappa shape index (κ3) is 3.38. The summed E-state index contributed by atoms with van der Waals surface area (Å²) in [4.78, 5) is 20.7. The average Bonchev–Trinajstić information content (AvgIpc) is 3.40. The number of aromatic amines is 1. The molecule has 0 saturated carbocycles. The summed E-state index contributed by atoms with van der Waals surface area (Å²) in [5, 5.41) is 3.86. The van der Waals surface area contributed by atoms with Gasteiger partial charge < -0.3 is 18.8 Å². The number of sulfonamides is 1. The monoisotopic (exact) mass is 391 g/mol. The van der Waals surface area contributed by atoms with Crippen LogP contribution in [0.15, 0.2) is 51.0 Å². The number of H-pyrrole nitrogens is 1. The van der Waals surface area contributed by atoms with E-state index in [9.17, 15) is 13.2 Å². The molecule has 11 heteroatoms. The second kappa shape index (κ2) is 7.00. The molecule has 0 unspecified atom stereocenters. The summed E-state index contributed by atoms with van der Waals surface area (Å²) in [6.07, 6.45) is 4.61. The molecule has 0 bridgehead atoms. The van der Waals surface area contributed by atoms with E-state index in [1.165, 1.54) is 29.2 Å². The highest BCUT2D eigenvalue weighted by Crippen LogP contribution is 2.22. The Kier molecular flexibility index (Phi) is 4.54. The minimum Gasteiger partial charge on any atom is -0.461 e. The molecule has 27 heavy (non-hydrogen) atoms. The highest BCUT2D eigenvalue weighted by atomic mass is 32.2. The molecule has 10 nitrogen and oxygen atoms in total. The van der Waals surface area contributed by atoms with Crippen molar-refractivity contribution in [2.24, 2.45) is 0 Å². The van der Waals surface area contributed by atoms with Crippen molar-refractivity contribution in [3.05, 3.63) is 42.7 Å². The number of rotatable bonds is 4. The fraction of sp³-hybridized carbons (Fsp3) is 0.312. The van der Waals surface area contributed by atoms with Gasteiger partial charge in [-0.15, -0.1) is 0 Å². The predicted molar refractivity (Wildman–Crippen MR) is 92.1 cm³/mol. The molecule has 3 aromatic rings. The number of nitrogens with zero attached hydrogens (tertiary/aromatic N) is 4. The van der Waals surface area contributed by atoms with E-state index in [1.807, 2.05) is 0 Å². The summed E-state index contributed by atoms with van der Waals surface area (Å²) in [7, 11) is -3.65. The summed E-state index contributed by atoms with van der Waals surface area (Å²) in [6, 6.07) is 4.94. The Bertz CT molecular complexity index is 1010. The number of aromatic nitrogens is 3. The SMILES string of the molecule is O=C(c1cc(-c2ccco2)on1)N1CCCN(S(=O)(=O)c2cnc[nH]2)CC1. The Morgan fingerprint density at radius 2 is 2.07 bits per heavy atom. The van der Waals surface area contributed by atoms with Crippen LogP contribution in [0.1, 0.15) is 16.9 Å². The molecule has 1 aliphatic heterocycles. The number of furan rings is 1. The molecule has 1 N–H and O–H groups in total. The van der Waals surface area contributed by atoms with E-state index >= 15 is 0 Å². The van der Waals surface area contributed by atoms with Crippen LogP contribution in [-0.4, -0.2) is 64.8 Å². The highest BCUT2D eigenvalue weighted by Gasteiger charge is 2.30. The molecule has 0 radical (unpaired) electrons. The molecule has 1 saturated heterocycles. The topological polar surface area (TPSA) is 126 Å². The van der Waals surface area contributed by atoms with Gasteiger partial charge in [0.1, 0.15) is 0 Å². The van der Waals surface area contributed by atoms with Gasteiger partial charge in [0.2, 0.25) is 5.76 Å². The fourth-order valence-corrected chi connectivity index (χ4v) is 4.30. The van der Waals surface area contributed by atoms with Crippen molar-refractivity contribution >= 4 is 15.9 Å². The number of hydrogen-bond acceptors (Lipinski definition) is 7. The molecule has 0 spiro atoms. The molecule has 1 fully saturated rings. The number of nitrogens with one attached hydrogen (secondary N) is 1. The quantitative estimate of drug-likeness (QED) is 0.708. The number of hydrogen-bond donors (Lipinski definition) is 1. The first-order valence-electron chi connectivity index (χ1n) is 8.34. The van der Waals surface area contributed by atoms with Crippen LogP contribution in [0, 0.1) is 0 Å². The van der Waals surface area contributed by atoms with Gasteiger partial charge >= 0.3 is 0 Å². The first-order chi connectivity index (χ1) is 13.1. The van der Waals surface area contributed by atoms with Crippen LogP contribution in [0.2, 0.25) is 0 Å². The molecule has 1 aliphatic rings. The zero-order valence-corrected chi connectivity index (χ0v) is 15.1. The molecule has 1 amide bonds. The first-order valence-corrected chi connectivity index (χ1v) is 9.78. The summed E-state index contributed by atoms with van der Waals surface area (Å²) >= 11 is 0. The Morgan fingerprint density at radius 1 is 1.19 bits per heavy atom. The summed E-state index contributed by atoms with van der Waals surface area (Å²) in [6.45, 7) is 1.20. The molecule has 142 valence electrons. The van der Waals surface area contributed by atoms with Crippen LogP contribution in [0.3, 0.4) is 0 Å². The molecule has 0 aromatic carbocycles. The molecule has 4 heterocycles. The molecular formula is C16H17N5O5S. The number of imidazole rings is 1. The van der Waals surface area contributed by atoms with Crippen LogP contribution >= 0.6 is 0 Å². The summed E-state index contributed by atoms with van der Waals surface area (Å²) < 4.78 is 36.9. The average molecular weight is 391 g/mol. The first kappa shape index (κ1) is 17.5. The number of carbonyl (C=O) groups excluding carboxylic acids is 1. The zero-order chi connectivity index (χ0) is 18.9. The smallest absolute Gasteiger partial charge is 0.276 e. The second-order valence-corrected chi connectivity index (χ2v) is 7.93. The Morgan fingerprint density at radius 3 is 2.81 bits per heavy atom. The van der Waals surface area contributed by atoms with Crippen molar-refractivity contribution in [2.45, 2.75) is 11.4 Å². The lowest BCUT2D eigenvalue weighted by atomic mass is 10.3. The minimum absolute atomic E-state index is 0.0434. The van der Waals surface area contributed by atoms with Crippen LogP contribution in [0.25, 0.3) is 11.5 Å². The second-order valence-electron chi connectivity index (χ2n) is 6.02. The molecule has 0 atom stereocenters. The van der Waals surface area contributed by atoms with E-state index in [1.54, 1.807) is 17.0 Å². The lowest BCUT2D eigenvalue weighted by molar-refractivity contribution is 0.0754. The van der Waals surface area contributed by atoms with Gasteiger partial charge in [0.15, 0.2) is 16.5 Å². The van der Waals surface area contributed by atoms with Crippen molar-refractivity contribution in [2.75, 3.05) is 26.2 Å².